The first-order valence-corrected chi connectivity index (χ1v) is 8.70. The SMILES string of the molecule is Cc1cc(C)[n+](C(c2ccccc2)c2ccccc2)o1.[O-][Cl+3]([O-])([O-])[O-]. The molecular weight excluding hydrogens is 346 g/mol. The first-order chi connectivity index (χ1) is 11.8. The third-order valence-electron chi connectivity index (χ3n) is 3.47. The fraction of sp³-hybridized carbons (Fsp3) is 0.167. The molecule has 7 heteroatoms. The van der Waals surface area contributed by atoms with Gasteiger partial charge in [-0.2, -0.15) is 0 Å². The highest BCUT2D eigenvalue weighted by atomic mass is 35.7. The zero-order valence-electron chi connectivity index (χ0n) is 13.8. The second-order valence-electron chi connectivity index (χ2n) is 5.42. The van der Waals surface area contributed by atoms with Crippen LogP contribution in [-0.2, 0) is 0 Å². The number of hydrogen-bond acceptors (Lipinski definition) is 5. The summed E-state index contributed by atoms with van der Waals surface area (Å²) in [6.45, 7) is 4.06. The molecule has 0 saturated heterocycles. The minimum atomic E-state index is -4.94. The zero-order valence-corrected chi connectivity index (χ0v) is 14.6. The van der Waals surface area contributed by atoms with Crippen molar-refractivity contribution in [3.8, 4) is 0 Å². The van der Waals surface area contributed by atoms with Crippen LogP contribution < -0.4 is 23.4 Å². The van der Waals surface area contributed by atoms with Gasteiger partial charge in [-0.05, 0) is 4.74 Å². The Kier molecular flexibility index (Phi) is 6.30. The largest absolute Gasteiger partial charge is 0.253 e. The molecule has 1 heterocycles. The molecule has 1 aromatic heterocycles. The molecule has 0 atom stereocenters. The topological polar surface area (TPSA) is 109 Å². The Morgan fingerprint density at radius 2 is 1.20 bits per heavy atom. The van der Waals surface area contributed by atoms with Gasteiger partial charge in [0.05, 0.1) is 6.07 Å². The van der Waals surface area contributed by atoms with E-state index in [1.165, 1.54) is 11.1 Å². The standard InChI is InChI=1S/C18H18NO.ClHO4/c1-14-13-15(2)20-19(14)18(16-9-5-3-6-10-16)17-11-7-4-8-12-17;2-1(3,4)5/h3-13,18H,1-2H3;(H,2,3,4,5)/q+1;/p-1. The molecule has 132 valence electrons. The van der Waals surface area contributed by atoms with Crippen molar-refractivity contribution >= 4 is 0 Å². The summed E-state index contributed by atoms with van der Waals surface area (Å²) in [5, 5.41) is 0. The van der Waals surface area contributed by atoms with Gasteiger partial charge in [-0.3, -0.25) is 0 Å². The van der Waals surface area contributed by atoms with Crippen LogP contribution in [0.15, 0.2) is 71.3 Å². The average molecular weight is 364 g/mol. The van der Waals surface area contributed by atoms with Crippen LogP contribution in [0.25, 0.3) is 0 Å². The van der Waals surface area contributed by atoms with Crippen molar-refractivity contribution in [1.82, 2.24) is 0 Å². The number of aromatic nitrogens is 1. The lowest BCUT2D eigenvalue weighted by molar-refractivity contribution is -2.00. The molecule has 0 N–H and O–H groups in total. The van der Waals surface area contributed by atoms with Gasteiger partial charge >= 0.3 is 0 Å². The molecule has 0 aliphatic rings. The molecule has 0 unspecified atom stereocenters. The Balaban J connectivity index is 0.000000399. The summed E-state index contributed by atoms with van der Waals surface area (Å²) in [5.41, 5.74) is 3.57. The lowest BCUT2D eigenvalue weighted by atomic mass is 9.99. The number of aryl methyl sites for hydroxylation is 2. The molecule has 0 amide bonds. The van der Waals surface area contributed by atoms with Gasteiger partial charge in [0.15, 0.2) is 5.76 Å². The van der Waals surface area contributed by atoms with E-state index < -0.39 is 10.2 Å². The molecule has 0 aliphatic heterocycles. The molecule has 3 rings (SSSR count). The van der Waals surface area contributed by atoms with Gasteiger partial charge in [-0.25, -0.2) is 23.2 Å². The smallest absolute Gasteiger partial charge is 0.240 e. The van der Waals surface area contributed by atoms with Gasteiger partial charge in [-0.1, -0.05) is 60.7 Å². The van der Waals surface area contributed by atoms with Crippen molar-refractivity contribution < 1.29 is 38.1 Å². The molecular formula is C18H18ClNO5. The van der Waals surface area contributed by atoms with E-state index >= 15 is 0 Å². The predicted octanol–water partition coefficient (Wildman–Crippen LogP) is -0.934. The van der Waals surface area contributed by atoms with Crippen LogP contribution in [0.5, 0.6) is 0 Å². The Morgan fingerprint density at radius 1 is 0.800 bits per heavy atom. The summed E-state index contributed by atoms with van der Waals surface area (Å²) in [7, 11) is -4.94. The van der Waals surface area contributed by atoms with E-state index in [1.807, 2.05) is 23.8 Å². The maximum atomic E-state index is 8.49. The molecule has 0 aliphatic carbocycles. The summed E-state index contributed by atoms with van der Waals surface area (Å²) < 4.78 is 41.9. The van der Waals surface area contributed by atoms with Crippen LogP contribution in [0.4, 0.5) is 0 Å². The average Bonchev–Trinajstić information content (AvgIpc) is 2.87. The van der Waals surface area contributed by atoms with Crippen LogP contribution in [-0.4, -0.2) is 0 Å². The summed E-state index contributed by atoms with van der Waals surface area (Å²) in [6.07, 6.45) is 0. The Hall–Kier alpha value is -2.22. The summed E-state index contributed by atoms with van der Waals surface area (Å²) in [6, 6.07) is 23.0. The Morgan fingerprint density at radius 3 is 1.52 bits per heavy atom. The van der Waals surface area contributed by atoms with Crippen molar-refractivity contribution in [2.75, 3.05) is 0 Å². The number of nitrogens with zero attached hydrogens (tertiary/aromatic N) is 1. The minimum Gasteiger partial charge on any atom is -0.240 e. The van der Waals surface area contributed by atoms with Crippen LogP contribution in [0, 0.1) is 24.1 Å². The van der Waals surface area contributed by atoms with Crippen molar-refractivity contribution in [2.24, 2.45) is 0 Å². The normalized spacial score (nSPS) is 11.2. The van der Waals surface area contributed by atoms with Crippen molar-refractivity contribution in [3.05, 3.63) is 89.3 Å². The van der Waals surface area contributed by atoms with Crippen LogP contribution >= 0.6 is 0 Å². The highest BCUT2D eigenvalue weighted by molar-refractivity contribution is 5.29. The fourth-order valence-electron chi connectivity index (χ4n) is 2.60. The van der Waals surface area contributed by atoms with Gasteiger partial charge in [-0.15, -0.1) is 10.2 Å². The lowest BCUT2D eigenvalue weighted by Gasteiger charge is -2.17. The molecule has 0 saturated carbocycles. The summed E-state index contributed by atoms with van der Waals surface area (Å²) in [5.74, 6) is 0.930. The van der Waals surface area contributed by atoms with Gasteiger partial charge < -0.3 is 0 Å². The van der Waals surface area contributed by atoms with Gasteiger partial charge in [0, 0.05) is 25.0 Å². The second kappa shape index (κ2) is 8.24. The highest BCUT2D eigenvalue weighted by Crippen LogP contribution is 2.22. The van der Waals surface area contributed by atoms with Crippen LogP contribution in [0.3, 0.4) is 0 Å². The molecule has 2 aromatic carbocycles. The Bertz CT molecular complexity index is 739. The molecule has 6 nitrogen and oxygen atoms in total. The predicted molar refractivity (Wildman–Crippen MR) is 78.5 cm³/mol. The first-order valence-electron chi connectivity index (χ1n) is 7.46. The van der Waals surface area contributed by atoms with E-state index in [0.717, 1.165) is 11.5 Å². The van der Waals surface area contributed by atoms with E-state index in [1.54, 1.807) is 0 Å². The third kappa shape index (κ3) is 5.97. The van der Waals surface area contributed by atoms with E-state index in [2.05, 4.69) is 61.5 Å². The van der Waals surface area contributed by atoms with Gasteiger partial charge in [0.1, 0.15) is 0 Å². The van der Waals surface area contributed by atoms with Crippen molar-refractivity contribution in [1.29, 1.82) is 0 Å². The minimum absolute atomic E-state index is 0.0751. The molecule has 0 radical (unpaired) electrons. The summed E-state index contributed by atoms with van der Waals surface area (Å²) >= 11 is 0. The van der Waals surface area contributed by atoms with E-state index in [4.69, 9.17) is 23.2 Å². The van der Waals surface area contributed by atoms with Crippen molar-refractivity contribution in [3.63, 3.8) is 0 Å². The third-order valence-corrected chi connectivity index (χ3v) is 3.47. The number of halogens is 1. The van der Waals surface area contributed by atoms with E-state index in [0.29, 0.717) is 0 Å². The van der Waals surface area contributed by atoms with Gasteiger partial charge in [0.25, 0.3) is 6.04 Å². The molecule has 0 spiro atoms. The molecule has 0 fully saturated rings. The Labute approximate surface area is 147 Å². The number of benzene rings is 2. The zero-order chi connectivity index (χ0) is 18.4. The molecule has 3 aromatic rings. The summed E-state index contributed by atoms with van der Waals surface area (Å²) in [4.78, 5) is 0. The lowest BCUT2D eigenvalue weighted by Crippen LogP contribution is -2.68. The number of rotatable bonds is 3. The maximum absolute atomic E-state index is 8.49. The van der Waals surface area contributed by atoms with Crippen LogP contribution in [0.1, 0.15) is 28.6 Å². The van der Waals surface area contributed by atoms with E-state index in [-0.39, 0.29) is 6.04 Å². The molecule has 0 bridgehead atoms. The second-order valence-corrected chi connectivity index (χ2v) is 6.17. The van der Waals surface area contributed by atoms with Crippen molar-refractivity contribution in [2.45, 2.75) is 19.9 Å². The van der Waals surface area contributed by atoms with E-state index in [9.17, 15) is 0 Å². The first kappa shape index (κ1) is 19.1. The number of hydrogen-bond donors (Lipinski definition) is 0. The highest BCUT2D eigenvalue weighted by Gasteiger charge is 2.29. The fourth-order valence-corrected chi connectivity index (χ4v) is 2.60. The molecule has 25 heavy (non-hydrogen) atoms. The maximum Gasteiger partial charge on any atom is 0.253 e. The monoisotopic (exact) mass is 363 g/mol. The quantitative estimate of drug-likeness (QED) is 0.558. The van der Waals surface area contributed by atoms with Crippen LogP contribution in [0.2, 0.25) is 0 Å². The van der Waals surface area contributed by atoms with Gasteiger partial charge in [0.2, 0.25) is 5.69 Å².